The third-order valence-corrected chi connectivity index (χ3v) is 5.65. The van der Waals surface area contributed by atoms with Crippen LogP contribution < -0.4 is 4.72 Å². The number of nitrogens with one attached hydrogen (secondary N) is 1. The highest BCUT2D eigenvalue weighted by Gasteiger charge is 2.30. The number of rotatable bonds is 4. The van der Waals surface area contributed by atoms with E-state index in [1.54, 1.807) is 0 Å². The summed E-state index contributed by atoms with van der Waals surface area (Å²) in [4.78, 5) is 4.49. The number of hydrogen-bond acceptors (Lipinski definition) is 3. The van der Waals surface area contributed by atoms with Crippen LogP contribution in [0.25, 0.3) is 0 Å². The van der Waals surface area contributed by atoms with Gasteiger partial charge in [-0.05, 0) is 48.8 Å². The van der Waals surface area contributed by atoms with Crippen molar-refractivity contribution in [3.8, 4) is 11.5 Å². The van der Waals surface area contributed by atoms with Gasteiger partial charge in [-0.1, -0.05) is 25.7 Å². The number of halogens is 1. The van der Waals surface area contributed by atoms with Gasteiger partial charge in [-0.15, -0.1) is 16.2 Å². The molecule has 0 bridgehead atoms. The first-order valence-corrected chi connectivity index (χ1v) is 12.7. The van der Waals surface area contributed by atoms with E-state index >= 15 is 0 Å². The Morgan fingerprint density at radius 3 is 2.50 bits per heavy atom. The van der Waals surface area contributed by atoms with Crippen molar-refractivity contribution in [1.29, 1.82) is 0 Å². The first kappa shape index (κ1) is 19.7. The van der Waals surface area contributed by atoms with Crippen molar-refractivity contribution in [2.24, 2.45) is 0 Å². The fraction of sp³-hybridized carbons (Fsp3) is 0.562. The van der Waals surface area contributed by atoms with Crippen LogP contribution in [0.3, 0.4) is 0 Å². The van der Waals surface area contributed by atoms with Gasteiger partial charge in [0.15, 0.2) is 0 Å². The summed E-state index contributed by atoms with van der Waals surface area (Å²) in [5, 5.41) is 0. The van der Waals surface area contributed by atoms with E-state index < -0.39 is 19.4 Å². The normalized spacial score (nSPS) is 14.9. The lowest BCUT2D eigenvalue weighted by atomic mass is 10.1. The van der Waals surface area contributed by atoms with Crippen LogP contribution in [-0.4, -0.2) is 22.4 Å². The van der Waals surface area contributed by atoms with Crippen molar-refractivity contribution in [3.05, 3.63) is 28.5 Å². The van der Waals surface area contributed by atoms with Crippen LogP contribution in [0, 0.1) is 11.5 Å². The van der Waals surface area contributed by atoms with Gasteiger partial charge >= 0.3 is 0 Å². The van der Waals surface area contributed by atoms with Crippen LogP contribution in [-0.2, 0) is 11.4 Å². The van der Waals surface area contributed by atoms with Gasteiger partial charge in [0.25, 0.3) is 0 Å². The largest absolute Gasteiger partial charge is 0.598 e. The maximum atomic E-state index is 12.4. The monoisotopic (exact) mass is 400 g/mol. The Morgan fingerprint density at radius 1 is 1.36 bits per heavy atom. The Morgan fingerprint density at radius 2 is 2.00 bits per heavy atom. The molecule has 1 N–H and O–H groups in total. The standard InChI is InChI=1S/C16H25BrN2OSSi/c1-16(2,3)21(20)19-14(10-8-12-22(4,5)6)13-9-7-11-15(17)18-13/h7,9,11,14,19H,10H2,1-6H3/t14-,21?/m0/s1. The lowest BCUT2D eigenvalue weighted by Crippen LogP contribution is -2.41. The molecule has 2 atom stereocenters. The summed E-state index contributed by atoms with van der Waals surface area (Å²) >= 11 is 2.23. The summed E-state index contributed by atoms with van der Waals surface area (Å²) in [6.07, 6.45) is 0.607. The molecule has 0 saturated carbocycles. The second-order valence-electron chi connectivity index (χ2n) is 7.19. The predicted molar refractivity (Wildman–Crippen MR) is 101 cm³/mol. The highest BCUT2D eigenvalue weighted by Crippen LogP contribution is 2.22. The van der Waals surface area contributed by atoms with E-state index in [0.717, 1.165) is 10.3 Å². The molecule has 0 aromatic carbocycles. The van der Waals surface area contributed by atoms with Crippen LogP contribution in [0.5, 0.6) is 0 Å². The maximum Gasteiger partial charge on any atom is 0.136 e. The third kappa shape index (κ3) is 7.29. The molecule has 1 unspecified atom stereocenters. The molecule has 22 heavy (non-hydrogen) atoms. The van der Waals surface area contributed by atoms with Gasteiger partial charge in [-0.3, -0.25) is 0 Å². The van der Waals surface area contributed by atoms with E-state index in [1.165, 1.54) is 0 Å². The van der Waals surface area contributed by atoms with Gasteiger partial charge in [0.2, 0.25) is 0 Å². The van der Waals surface area contributed by atoms with Gasteiger partial charge in [-0.25, -0.2) is 4.98 Å². The maximum absolute atomic E-state index is 12.4. The molecule has 0 aliphatic rings. The average Bonchev–Trinajstić information content (AvgIpc) is 2.34. The van der Waals surface area contributed by atoms with Gasteiger partial charge in [0.1, 0.15) is 23.5 Å². The molecule has 0 aliphatic carbocycles. The van der Waals surface area contributed by atoms with Crippen molar-refractivity contribution >= 4 is 35.4 Å². The van der Waals surface area contributed by atoms with Crippen molar-refractivity contribution < 1.29 is 4.55 Å². The Balaban J connectivity index is 2.97. The van der Waals surface area contributed by atoms with Crippen molar-refractivity contribution in [3.63, 3.8) is 0 Å². The van der Waals surface area contributed by atoms with E-state index in [-0.39, 0.29) is 10.8 Å². The molecule has 0 spiro atoms. The molecule has 0 saturated heterocycles. The lowest BCUT2D eigenvalue weighted by Gasteiger charge is -2.27. The molecule has 0 amide bonds. The predicted octanol–water partition coefficient (Wildman–Crippen LogP) is 4.21. The molecule has 3 nitrogen and oxygen atoms in total. The highest BCUT2D eigenvalue weighted by atomic mass is 79.9. The summed E-state index contributed by atoms with van der Waals surface area (Å²) in [7, 11) is -1.41. The molecule has 0 fully saturated rings. The summed E-state index contributed by atoms with van der Waals surface area (Å²) < 4.78 is 16.1. The second kappa shape index (κ2) is 7.98. The number of aromatic nitrogens is 1. The van der Waals surface area contributed by atoms with E-state index in [0.29, 0.717) is 6.42 Å². The van der Waals surface area contributed by atoms with Crippen LogP contribution >= 0.6 is 15.9 Å². The first-order chi connectivity index (χ1) is 9.99. The molecule has 1 heterocycles. The van der Waals surface area contributed by atoms with Gasteiger partial charge < -0.3 is 4.55 Å². The molecule has 0 aliphatic heterocycles. The topological polar surface area (TPSA) is 48.0 Å². The first-order valence-electron chi connectivity index (χ1n) is 7.29. The van der Waals surface area contributed by atoms with Crippen molar-refractivity contribution in [2.75, 3.05) is 0 Å². The van der Waals surface area contributed by atoms with Gasteiger partial charge in [0, 0.05) is 17.8 Å². The zero-order valence-electron chi connectivity index (χ0n) is 14.2. The smallest absolute Gasteiger partial charge is 0.136 e. The zero-order valence-corrected chi connectivity index (χ0v) is 17.6. The van der Waals surface area contributed by atoms with Gasteiger partial charge in [0.05, 0.1) is 5.69 Å². The van der Waals surface area contributed by atoms with Crippen molar-refractivity contribution in [2.45, 2.75) is 57.6 Å². The quantitative estimate of drug-likeness (QED) is 0.356. The molecular weight excluding hydrogens is 376 g/mol. The SMILES string of the molecule is CC(C)(C)[S+]([O-])N[C@@H](CC#C[Si](C)(C)C)c1cccc(Br)n1. The summed E-state index contributed by atoms with van der Waals surface area (Å²) in [6, 6.07) is 5.63. The molecular formula is C16H25BrN2OSSi. The summed E-state index contributed by atoms with van der Waals surface area (Å²) in [6.45, 7) is 12.5. The summed E-state index contributed by atoms with van der Waals surface area (Å²) in [5.74, 6) is 3.26. The minimum Gasteiger partial charge on any atom is -0.598 e. The number of pyridine rings is 1. The second-order valence-corrected chi connectivity index (χ2v) is 14.8. The van der Waals surface area contributed by atoms with Crippen molar-refractivity contribution in [1.82, 2.24) is 9.71 Å². The molecule has 6 heteroatoms. The molecule has 1 aromatic rings. The Bertz CT molecular complexity index is 558. The minimum absolute atomic E-state index is 0.138. The van der Waals surface area contributed by atoms with Crippen LogP contribution in [0.15, 0.2) is 22.8 Å². The molecule has 1 rings (SSSR count). The Labute approximate surface area is 147 Å². The van der Waals surface area contributed by atoms with Crippen LogP contribution in [0.2, 0.25) is 19.6 Å². The zero-order chi connectivity index (χ0) is 17.0. The average molecular weight is 401 g/mol. The Hall–Kier alpha value is -0.323. The van der Waals surface area contributed by atoms with E-state index in [4.69, 9.17) is 0 Å². The molecule has 0 radical (unpaired) electrons. The fourth-order valence-corrected chi connectivity index (χ4v) is 3.35. The minimum atomic E-state index is -1.41. The lowest BCUT2D eigenvalue weighted by molar-refractivity contribution is 0.522. The van der Waals surface area contributed by atoms with E-state index in [9.17, 15) is 4.55 Å². The third-order valence-electron chi connectivity index (χ3n) is 2.67. The number of hydrogen-bond donors (Lipinski definition) is 1. The highest BCUT2D eigenvalue weighted by molar-refractivity contribution is 9.10. The number of nitrogens with zero attached hydrogens (tertiary/aromatic N) is 1. The van der Waals surface area contributed by atoms with E-state index in [1.807, 2.05) is 39.0 Å². The summed E-state index contributed by atoms with van der Waals surface area (Å²) in [5.41, 5.74) is 4.22. The molecule has 122 valence electrons. The fourth-order valence-electron chi connectivity index (χ4n) is 1.55. The van der Waals surface area contributed by atoms with Crippen LogP contribution in [0.4, 0.5) is 0 Å². The Kier molecular flexibility index (Phi) is 7.15. The molecule has 1 aromatic heterocycles. The van der Waals surface area contributed by atoms with Gasteiger partial charge in [-0.2, -0.15) is 0 Å². The van der Waals surface area contributed by atoms with E-state index in [2.05, 4.69) is 56.7 Å². The van der Waals surface area contributed by atoms with Crippen LogP contribution in [0.1, 0.15) is 38.9 Å².